The first-order valence-electron chi connectivity index (χ1n) is 9.58. The molecular weight excluding hydrogens is 374 g/mol. The van der Waals surface area contributed by atoms with E-state index in [0.717, 1.165) is 16.8 Å². The van der Waals surface area contributed by atoms with E-state index in [4.69, 9.17) is 12.3 Å². The van der Waals surface area contributed by atoms with Crippen LogP contribution in [0.1, 0.15) is 18.5 Å². The van der Waals surface area contributed by atoms with Gasteiger partial charge in [-0.1, -0.05) is 42.5 Å². The Hall–Kier alpha value is -4.11. The molecule has 0 saturated heterocycles. The van der Waals surface area contributed by atoms with Gasteiger partial charge in [-0.25, -0.2) is 4.85 Å². The number of anilines is 2. The number of nitrogens with one attached hydrogen (secondary N) is 1. The van der Waals surface area contributed by atoms with Crippen molar-refractivity contribution in [2.24, 2.45) is 7.05 Å². The molecule has 0 aliphatic carbocycles. The fourth-order valence-corrected chi connectivity index (χ4v) is 3.83. The molecule has 0 fully saturated rings. The quantitative estimate of drug-likeness (QED) is 0.482. The first kappa shape index (κ1) is 19.2. The van der Waals surface area contributed by atoms with E-state index in [0.29, 0.717) is 22.5 Å². The van der Waals surface area contributed by atoms with Crippen molar-refractivity contribution in [3.05, 3.63) is 94.1 Å². The van der Waals surface area contributed by atoms with Crippen LogP contribution in [-0.4, -0.2) is 9.55 Å². The van der Waals surface area contributed by atoms with E-state index in [1.165, 1.54) is 0 Å². The molecule has 1 unspecified atom stereocenters. The van der Waals surface area contributed by atoms with E-state index in [2.05, 4.69) is 15.1 Å². The van der Waals surface area contributed by atoms with Gasteiger partial charge < -0.3 is 15.6 Å². The van der Waals surface area contributed by atoms with Crippen molar-refractivity contribution in [1.29, 1.82) is 0 Å². The van der Waals surface area contributed by atoms with E-state index in [1.807, 2.05) is 73.1 Å². The first-order chi connectivity index (χ1) is 14.5. The number of para-hydroxylation sites is 1. The molecule has 0 amide bonds. The summed E-state index contributed by atoms with van der Waals surface area (Å²) in [4.78, 5) is 21.4. The summed E-state index contributed by atoms with van der Waals surface area (Å²) < 4.78 is 2.04. The minimum Gasteiger partial charge on any atom is -0.407 e. The van der Waals surface area contributed by atoms with Crippen LogP contribution < -0.4 is 16.5 Å². The number of hydrogen-bond donors (Lipinski definition) is 2. The Morgan fingerprint density at radius 2 is 1.80 bits per heavy atom. The highest BCUT2D eigenvalue weighted by Crippen LogP contribution is 2.34. The molecule has 4 aromatic rings. The van der Waals surface area contributed by atoms with Gasteiger partial charge in [-0.2, -0.15) is 0 Å². The standard InChI is InChI=1S/C24H21N5O/c1-15(28-24-21(26-2)18(25)13-14-27-24)20-22(16-9-5-4-6-10-16)29(3)19-12-8-7-11-17(19)23(20)30/h4-15H,1,3H3,(H3,25,27,28). The number of aromatic nitrogens is 2. The van der Waals surface area contributed by atoms with Crippen LogP contribution in [0.15, 0.2) is 71.7 Å². The Morgan fingerprint density at radius 1 is 1.10 bits per heavy atom. The lowest BCUT2D eigenvalue weighted by atomic mass is 9.97. The van der Waals surface area contributed by atoms with E-state index < -0.39 is 6.04 Å². The van der Waals surface area contributed by atoms with Crippen LogP contribution in [0.2, 0.25) is 0 Å². The average molecular weight is 395 g/mol. The van der Waals surface area contributed by atoms with Crippen molar-refractivity contribution in [3.63, 3.8) is 0 Å². The van der Waals surface area contributed by atoms with Gasteiger partial charge in [0.15, 0.2) is 5.43 Å². The number of fused-ring (bicyclic) bond motifs is 1. The molecule has 148 valence electrons. The van der Waals surface area contributed by atoms with Crippen LogP contribution in [0.25, 0.3) is 27.0 Å². The van der Waals surface area contributed by atoms with Crippen molar-refractivity contribution >= 4 is 28.1 Å². The molecule has 2 aromatic heterocycles. The van der Waals surface area contributed by atoms with Crippen LogP contribution in [-0.2, 0) is 7.05 Å². The van der Waals surface area contributed by atoms with Gasteiger partial charge >= 0.3 is 0 Å². The van der Waals surface area contributed by atoms with Gasteiger partial charge in [-0.05, 0) is 30.7 Å². The summed E-state index contributed by atoms with van der Waals surface area (Å²) in [5, 5.41) is 3.89. The van der Waals surface area contributed by atoms with Crippen molar-refractivity contribution < 1.29 is 0 Å². The lowest BCUT2D eigenvalue weighted by Gasteiger charge is -2.23. The number of aryl methyl sites for hydroxylation is 1. The van der Waals surface area contributed by atoms with Gasteiger partial charge in [0.05, 0.1) is 23.8 Å². The average Bonchev–Trinajstić information content (AvgIpc) is 2.76. The maximum absolute atomic E-state index is 13.6. The molecule has 2 heterocycles. The van der Waals surface area contributed by atoms with E-state index in [9.17, 15) is 4.79 Å². The maximum atomic E-state index is 13.6. The highest BCUT2D eigenvalue weighted by atomic mass is 16.1. The fourth-order valence-electron chi connectivity index (χ4n) is 3.83. The normalized spacial score (nSPS) is 11.8. The van der Waals surface area contributed by atoms with E-state index in [1.54, 1.807) is 12.3 Å². The molecular formula is C24H21N5O. The van der Waals surface area contributed by atoms with Gasteiger partial charge in [0.2, 0.25) is 5.69 Å². The molecule has 0 bridgehead atoms. The number of pyridine rings is 2. The second-order valence-corrected chi connectivity index (χ2v) is 7.11. The summed E-state index contributed by atoms with van der Waals surface area (Å²) in [6, 6.07) is 18.6. The van der Waals surface area contributed by atoms with E-state index in [-0.39, 0.29) is 11.1 Å². The summed E-state index contributed by atoms with van der Waals surface area (Å²) in [6.07, 6.45) is 1.55. The zero-order valence-corrected chi connectivity index (χ0v) is 16.8. The number of nitrogens with zero attached hydrogens (tertiary/aromatic N) is 3. The summed E-state index contributed by atoms with van der Waals surface area (Å²) in [7, 11) is 1.96. The Labute approximate surface area is 174 Å². The highest BCUT2D eigenvalue weighted by Gasteiger charge is 2.22. The second-order valence-electron chi connectivity index (χ2n) is 7.11. The van der Waals surface area contributed by atoms with Gasteiger partial charge in [0, 0.05) is 29.9 Å². The predicted octanol–water partition coefficient (Wildman–Crippen LogP) is 4.91. The fraction of sp³-hybridized carbons (Fsp3) is 0.125. The molecule has 0 aliphatic rings. The summed E-state index contributed by atoms with van der Waals surface area (Å²) in [5.41, 5.74) is 9.74. The minimum absolute atomic E-state index is 0.0455. The second kappa shape index (κ2) is 7.72. The van der Waals surface area contributed by atoms with Crippen LogP contribution in [0.5, 0.6) is 0 Å². The lowest BCUT2D eigenvalue weighted by molar-refractivity contribution is 0.838. The molecule has 6 nitrogen and oxygen atoms in total. The van der Waals surface area contributed by atoms with Gasteiger partial charge in [0.1, 0.15) is 5.82 Å². The van der Waals surface area contributed by atoms with Gasteiger partial charge in [0.25, 0.3) is 0 Å². The molecule has 0 aliphatic heterocycles. The Morgan fingerprint density at radius 3 is 2.53 bits per heavy atom. The number of hydrogen-bond acceptors (Lipinski definition) is 4. The van der Waals surface area contributed by atoms with Crippen molar-refractivity contribution in [2.45, 2.75) is 13.0 Å². The monoisotopic (exact) mass is 395 g/mol. The summed E-state index contributed by atoms with van der Waals surface area (Å²) >= 11 is 0. The third kappa shape index (κ3) is 3.16. The van der Waals surface area contributed by atoms with Crippen molar-refractivity contribution in [2.75, 3.05) is 11.1 Å². The highest BCUT2D eigenvalue weighted by molar-refractivity contribution is 5.85. The molecule has 0 saturated carbocycles. The Bertz CT molecular complexity index is 1340. The number of nitrogens with two attached hydrogens (primary N) is 1. The van der Waals surface area contributed by atoms with Crippen LogP contribution in [0.4, 0.5) is 17.2 Å². The zero-order valence-electron chi connectivity index (χ0n) is 16.8. The lowest BCUT2D eigenvalue weighted by Crippen LogP contribution is -2.23. The largest absolute Gasteiger partial charge is 0.407 e. The van der Waals surface area contributed by atoms with Gasteiger partial charge in [-0.3, -0.25) is 9.78 Å². The van der Waals surface area contributed by atoms with Crippen LogP contribution >= 0.6 is 0 Å². The van der Waals surface area contributed by atoms with Gasteiger partial charge in [-0.15, -0.1) is 0 Å². The molecule has 3 N–H and O–H groups in total. The molecule has 0 spiro atoms. The molecule has 0 radical (unpaired) electrons. The number of rotatable bonds is 4. The van der Waals surface area contributed by atoms with Crippen LogP contribution in [0.3, 0.4) is 0 Å². The molecule has 30 heavy (non-hydrogen) atoms. The molecule has 6 heteroatoms. The SMILES string of the molecule is [C-]#[N+]c1c(N)ccnc1NC(C)c1c(-c2ccccc2)n(C)c2ccccc2c1=O. The van der Waals surface area contributed by atoms with Crippen molar-refractivity contribution in [3.8, 4) is 11.3 Å². The Balaban J connectivity index is 1.96. The maximum Gasteiger partial charge on any atom is 0.250 e. The number of benzene rings is 2. The van der Waals surface area contributed by atoms with Crippen molar-refractivity contribution in [1.82, 2.24) is 9.55 Å². The summed E-state index contributed by atoms with van der Waals surface area (Å²) in [5.74, 6) is 0.367. The predicted molar refractivity (Wildman–Crippen MR) is 122 cm³/mol. The van der Waals surface area contributed by atoms with Crippen LogP contribution in [0, 0.1) is 6.57 Å². The molecule has 2 aromatic carbocycles. The number of nitrogen functional groups attached to an aromatic ring is 1. The third-order valence-corrected chi connectivity index (χ3v) is 5.25. The third-order valence-electron chi connectivity index (χ3n) is 5.25. The first-order valence-corrected chi connectivity index (χ1v) is 9.58. The summed E-state index contributed by atoms with van der Waals surface area (Å²) in [6.45, 7) is 9.33. The zero-order chi connectivity index (χ0) is 21.3. The minimum atomic E-state index is -0.404. The van der Waals surface area contributed by atoms with E-state index >= 15 is 0 Å². The molecule has 1 atom stereocenters. The topological polar surface area (TPSA) is 77.3 Å². The Kier molecular flexibility index (Phi) is 4.95. The smallest absolute Gasteiger partial charge is 0.250 e. The molecule has 4 rings (SSSR count).